The first-order chi connectivity index (χ1) is 17.5. The molecule has 0 bridgehead atoms. The second-order valence-corrected chi connectivity index (χ2v) is 8.43. The Morgan fingerprint density at radius 1 is 0.917 bits per heavy atom. The minimum Gasteiger partial charge on any atom is -0.395 e. The minimum atomic E-state index is -0.0760. The lowest BCUT2D eigenvalue weighted by molar-refractivity contribution is -0.120. The number of aliphatic hydroxyl groups excluding tert-OH is 1. The van der Waals surface area contributed by atoms with Crippen LogP contribution in [0.15, 0.2) is 24.3 Å². The Morgan fingerprint density at radius 2 is 1.56 bits per heavy atom. The van der Waals surface area contributed by atoms with Gasteiger partial charge in [-0.05, 0) is 30.0 Å². The molecule has 0 radical (unpaired) electrons. The molecule has 0 saturated heterocycles. The molecule has 0 spiro atoms. The standard InChI is InChI=1S/C24H40N8O4/c1-18(2)7-9-27-22-30-23(28-10-12-33)32-24(31-22)29-20-5-3-19(4-6-20)17-21(34)26-11-14-36-16-15-35-13-8-25/h3-6,18,33H,7-17,25H2,1-2H3,(H,26,34)(H3,27,28,29,30,31,32). The van der Waals surface area contributed by atoms with Crippen molar-refractivity contribution in [2.45, 2.75) is 26.7 Å². The Hall–Kier alpha value is -3.06. The fraction of sp³-hybridized carbons (Fsp3) is 0.583. The van der Waals surface area contributed by atoms with E-state index in [-0.39, 0.29) is 18.9 Å². The van der Waals surface area contributed by atoms with E-state index in [4.69, 9.17) is 20.3 Å². The zero-order valence-corrected chi connectivity index (χ0v) is 21.3. The van der Waals surface area contributed by atoms with Crippen LogP contribution in [0.2, 0.25) is 0 Å². The van der Waals surface area contributed by atoms with E-state index < -0.39 is 0 Å². The van der Waals surface area contributed by atoms with Crippen LogP contribution in [0, 0.1) is 5.92 Å². The van der Waals surface area contributed by atoms with Gasteiger partial charge in [0, 0.05) is 31.9 Å². The highest BCUT2D eigenvalue weighted by Gasteiger charge is 2.08. The van der Waals surface area contributed by atoms with Crippen LogP contribution >= 0.6 is 0 Å². The van der Waals surface area contributed by atoms with Gasteiger partial charge in [-0.15, -0.1) is 0 Å². The summed E-state index contributed by atoms with van der Waals surface area (Å²) in [5.74, 6) is 1.68. The number of aliphatic hydroxyl groups is 1. The monoisotopic (exact) mass is 504 g/mol. The van der Waals surface area contributed by atoms with Crippen LogP contribution in [-0.4, -0.2) is 85.2 Å². The Morgan fingerprint density at radius 3 is 2.19 bits per heavy atom. The normalized spacial score (nSPS) is 10.9. The molecule has 0 unspecified atom stereocenters. The molecule has 0 aliphatic heterocycles. The van der Waals surface area contributed by atoms with Crippen LogP contribution in [-0.2, 0) is 20.7 Å². The fourth-order valence-corrected chi connectivity index (χ4v) is 2.98. The first-order valence-corrected chi connectivity index (χ1v) is 12.3. The number of ether oxygens (including phenoxy) is 2. The maximum atomic E-state index is 12.2. The zero-order chi connectivity index (χ0) is 26.0. The number of anilines is 4. The molecule has 12 nitrogen and oxygen atoms in total. The van der Waals surface area contributed by atoms with E-state index in [1.165, 1.54) is 0 Å². The van der Waals surface area contributed by atoms with Crippen LogP contribution < -0.4 is 27.0 Å². The lowest BCUT2D eigenvalue weighted by Gasteiger charge is -2.12. The molecule has 2 rings (SSSR count). The third-order valence-electron chi connectivity index (χ3n) is 4.81. The first kappa shape index (κ1) is 29.2. The molecular formula is C24H40N8O4. The molecule has 1 amide bonds. The molecule has 0 aliphatic rings. The summed E-state index contributed by atoms with van der Waals surface area (Å²) in [6.07, 6.45) is 1.25. The van der Waals surface area contributed by atoms with Crippen LogP contribution in [0.4, 0.5) is 23.5 Å². The Balaban J connectivity index is 1.83. The predicted octanol–water partition coefficient (Wildman–Crippen LogP) is 1.13. The second-order valence-electron chi connectivity index (χ2n) is 8.43. The van der Waals surface area contributed by atoms with Gasteiger partial charge < -0.3 is 41.6 Å². The first-order valence-electron chi connectivity index (χ1n) is 12.3. The maximum absolute atomic E-state index is 12.2. The summed E-state index contributed by atoms with van der Waals surface area (Å²) < 4.78 is 10.6. The second kappa shape index (κ2) is 17.4. The van der Waals surface area contributed by atoms with Gasteiger partial charge in [0.15, 0.2) is 0 Å². The summed E-state index contributed by atoms with van der Waals surface area (Å²) in [7, 11) is 0. The van der Waals surface area contributed by atoms with Gasteiger partial charge in [0.25, 0.3) is 0 Å². The van der Waals surface area contributed by atoms with E-state index in [2.05, 4.69) is 50.1 Å². The number of nitrogens with zero attached hydrogens (tertiary/aromatic N) is 3. The van der Waals surface area contributed by atoms with Crippen molar-refractivity contribution in [3.63, 3.8) is 0 Å². The maximum Gasteiger partial charge on any atom is 0.233 e. The predicted molar refractivity (Wildman–Crippen MR) is 140 cm³/mol. The van der Waals surface area contributed by atoms with Gasteiger partial charge in [-0.2, -0.15) is 15.0 Å². The number of hydrogen-bond acceptors (Lipinski definition) is 11. The number of nitrogens with one attached hydrogen (secondary N) is 4. The number of hydrogen-bond donors (Lipinski definition) is 6. The highest BCUT2D eigenvalue weighted by Crippen LogP contribution is 2.17. The molecule has 0 fully saturated rings. The summed E-state index contributed by atoms with van der Waals surface area (Å²) in [4.78, 5) is 25.3. The van der Waals surface area contributed by atoms with Crippen LogP contribution in [0.3, 0.4) is 0 Å². The molecule has 0 aliphatic carbocycles. The Kier molecular flexibility index (Phi) is 14.1. The molecule has 2 aromatic rings. The van der Waals surface area contributed by atoms with Gasteiger partial charge in [0.2, 0.25) is 23.8 Å². The van der Waals surface area contributed by atoms with Gasteiger partial charge in [0.1, 0.15) is 0 Å². The van der Waals surface area contributed by atoms with E-state index in [0.717, 1.165) is 24.2 Å². The number of carbonyl (C=O) groups excluding carboxylic acids is 1. The molecule has 1 aromatic heterocycles. The van der Waals surface area contributed by atoms with Crippen molar-refractivity contribution in [2.24, 2.45) is 11.7 Å². The van der Waals surface area contributed by atoms with Crippen molar-refractivity contribution in [1.29, 1.82) is 0 Å². The summed E-state index contributed by atoms with van der Waals surface area (Å²) in [5.41, 5.74) is 7.00. The largest absolute Gasteiger partial charge is 0.395 e. The van der Waals surface area contributed by atoms with Crippen molar-refractivity contribution < 1.29 is 19.4 Å². The lowest BCUT2D eigenvalue weighted by atomic mass is 10.1. The Bertz CT molecular complexity index is 883. The van der Waals surface area contributed by atoms with Gasteiger partial charge in [-0.1, -0.05) is 26.0 Å². The third-order valence-corrected chi connectivity index (χ3v) is 4.81. The summed E-state index contributed by atoms with van der Waals surface area (Å²) in [5, 5.41) is 21.3. The van der Waals surface area contributed by atoms with Crippen molar-refractivity contribution in [1.82, 2.24) is 20.3 Å². The molecule has 36 heavy (non-hydrogen) atoms. The summed E-state index contributed by atoms with van der Waals surface area (Å²) >= 11 is 0. The molecule has 12 heteroatoms. The number of carbonyl (C=O) groups is 1. The highest BCUT2D eigenvalue weighted by molar-refractivity contribution is 5.78. The molecule has 7 N–H and O–H groups in total. The average molecular weight is 505 g/mol. The van der Waals surface area contributed by atoms with Crippen LogP contribution in [0.1, 0.15) is 25.8 Å². The van der Waals surface area contributed by atoms with E-state index in [9.17, 15) is 4.79 Å². The van der Waals surface area contributed by atoms with E-state index >= 15 is 0 Å². The topological polar surface area (TPSA) is 169 Å². The zero-order valence-electron chi connectivity index (χ0n) is 21.3. The number of aromatic nitrogens is 3. The molecule has 0 atom stereocenters. The highest BCUT2D eigenvalue weighted by atomic mass is 16.5. The van der Waals surface area contributed by atoms with E-state index in [1.807, 2.05) is 24.3 Å². The van der Waals surface area contributed by atoms with Crippen LogP contribution in [0.25, 0.3) is 0 Å². The fourth-order valence-electron chi connectivity index (χ4n) is 2.98. The van der Waals surface area contributed by atoms with Crippen molar-refractivity contribution in [3.8, 4) is 0 Å². The van der Waals surface area contributed by atoms with Gasteiger partial charge in [-0.3, -0.25) is 4.79 Å². The van der Waals surface area contributed by atoms with E-state index in [0.29, 0.717) is 69.8 Å². The van der Waals surface area contributed by atoms with Crippen molar-refractivity contribution in [3.05, 3.63) is 29.8 Å². The molecule has 1 heterocycles. The van der Waals surface area contributed by atoms with Gasteiger partial charge >= 0.3 is 0 Å². The smallest absolute Gasteiger partial charge is 0.233 e. The van der Waals surface area contributed by atoms with Gasteiger partial charge in [-0.25, -0.2) is 0 Å². The van der Waals surface area contributed by atoms with E-state index in [1.54, 1.807) is 0 Å². The van der Waals surface area contributed by atoms with Crippen molar-refractivity contribution in [2.75, 3.05) is 75.2 Å². The SMILES string of the molecule is CC(C)CCNc1nc(NCCO)nc(Nc2ccc(CC(=O)NCCOCCOCCN)cc2)n1. The number of amides is 1. The number of nitrogens with two attached hydrogens (primary N) is 1. The molecule has 200 valence electrons. The quantitative estimate of drug-likeness (QED) is 0.152. The number of benzene rings is 1. The molecule has 1 aromatic carbocycles. The average Bonchev–Trinajstić information content (AvgIpc) is 2.85. The summed E-state index contributed by atoms with van der Waals surface area (Å²) in [6, 6.07) is 7.48. The van der Waals surface area contributed by atoms with Crippen molar-refractivity contribution >= 4 is 29.4 Å². The minimum absolute atomic E-state index is 0.0309. The van der Waals surface area contributed by atoms with Crippen LogP contribution in [0.5, 0.6) is 0 Å². The Labute approximate surface area is 212 Å². The van der Waals surface area contributed by atoms with Gasteiger partial charge in [0.05, 0.1) is 39.5 Å². The third kappa shape index (κ3) is 12.6. The molecule has 0 saturated carbocycles. The lowest BCUT2D eigenvalue weighted by Crippen LogP contribution is -2.29. The molecular weight excluding hydrogens is 464 g/mol. The number of rotatable bonds is 19. The summed E-state index contributed by atoms with van der Waals surface area (Å²) in [6.45, 7) is 8.19.